The van der Waals surface area contributed by atoms with Crippen molar-refractivity contribution in [1.82, 2.24) is 5.32 Å². The van der Waals surface area contributed by atoms with E-state index in [1.54, 1.807) is 7.11 Å². The molecule has 0 amide bonds. The number of nitrogens with one attached hydrogen (secondary N) is 1. The van der Waals surface area contributed by atoms with Crippen LogP contribution in [0.3, 0.4) is 0 Å². The molecule has 1 N–H and O–H groups in total. The number of ether oxygens (including phenoxy) is 1. The van der Waals surface area contributed by atoms with Crippen LogP contribution in [0, 0.1) is 6.92 Å². The molecule has 92 valence electrons. The second-order valence-corrected chi connectivity index (χ2v) is 5.98. The molecular weight excluding hydrogens is 218 g/mol. The van der Waals surface area contributed by atoms with Crippen LogP contribution in [0.5, 0.6) is 0 Å². The fourth-order valence-corrected chi connectivity index (χ4v) is 2.60. The zero-order valence-corrected chi connectivity index (χ0v) is 11.8. The molecule has 0 aliphatic heterocycles. The van der Waals surface area contributed by atoms with E-state index >= 15 is 0 Å². The average Bonchev–Trinajstić information content (AvgIpc) is 2.60. The number of hydrogen-bond acceptors (Lipinski definition) is 3. The van der Waals surface area contributed by atoms with E-state index in [1.165, 1.54) is 10.4 Å². The molecule has 1 aromatic rings. The zero-order valence-electron chi connectivity index (χ0n) is 11.0. The summed E-state index contributed by atoms with van der Waals surface area (Å²) in [7, 11) is 1.77. The Hall–Kier alpha value is -0.380. The highest BCUT2D eigenvalue weighted by Gasteiger charge is 2.19. The molecule has 0 spiro atoms. The van der Waals surface area contributed by atoms with Crippen LogP contribution in [-0.4, -0.2) is 18.8 Å². The highest BCUT2D eigenvalue weighted by molar-refractivity contribution is 7.10. The van der Waals surface area contributed by atoms with Gasteiger partial charge in [-0.15, -0.1) is 11.3 Å². The third-order valence-electron chi connectivity index (χ3n) is 2.93. The lowest BCUT2D eigenvalue weighted by Gasteiger charge is -2.27. The number of aryl methyl sites for hydroxylation is 1. The van der Waals surface area contributed by atoms with E-state index in [2.05, 4.69) is 44.5 Å². The summed E-state index contributed by atoms with van der Waals surface area (Å²) in [4.78, 5) is 1.43. The quantitative estimate of drug-likeness (QED) is 0.824. The van der Waals surface area contributed by atoms with E-state index in [9.17, 15) is 0 Å². The maximum atomic E-state index is 5.43. The maximum absolute atomic E-state index is 5.43. The molecule has 16 heavy (non-hydrogen) atoms. The van der Waals surface area contributed by atoms with E-state index in [4.69, 9.17) is 4.74 Å². The first-order valence-electron chi connectivity index (χ1n) is 5.76. The SMILES string of the molecule is COC(C)(C)CC(C)NCc1sccc1C. The molecule has 0 radical (unpaired) electrons. The second-order valence-electron chi connectivity index (χ2n) is 4.98. The number of methoxy groups -OCH3 is 1. The van der Waals surface area contributed by atoms with Gasteiger partial charge in [-0.2, -0.15) is 0 Å². The number of hydrogen-bond donors (Lipinski definition) is 1. The van der Waals surface area contributed by atoms with Crippen LogP contribution >= 0.6 is 11.3 Å². The van der Waals surface area contributed by atoms with Crippen molar-refractivity contribution in [2.45, 2.75) is 52.3 Å². The Morgan fingerprint density at radius 1 is 1.50 bits per heavy atom. The van der Waals surface area contributed by atoms with Gasteiger partial charge in [0, 0.05) is 24.6 Å². The minimum absolute atomic E-state index is 0.0447. The van der Waals surface area contributed by atoms with Crippen molar-refractivity contribution in [2.24, 2.45) is 0 Å². The van der Waals surface area contributed by atoms with Gasteiger partial charge in [0.2, 0.25) is 0 Å². The molecule has 0 saturated carbocycles. The van der Waals surface area contributed by atoms with Gasteiger partial charge in [0.05, 0.1) is 5.60 Å². The molecule has 0 saturated heterocycles. The Bertz CT molecular complexity index is 319. The summed E-state index contributed by atoms with van der Waals surface area (Å²) < 4.78 is 5.43. The number of rotatable bonds is 6. The Labute approximate surface area is 103 Å². The molecule has 3 heteroatoms. The standard InChI is InChI=1S/C13H23NOS/c1-10-6-7-16-12(10)9-14-11(2)8-13(3,4)15-5/h6-7,11,14H,8-9H2,1-5H3. The highest BCUT2D eigenvalue weighted by Crippen LogP contribution is 2.18. The predicted octanol–water partition coefficient (Wildman–Crippen LogP) is 3.35. The Morgan fingerprint density at radius 3 is 2.69 bits per heavy atom. The normalized spacial score (nSPS) is 14.1. The van der Waals surface area contributed by atoms with Gasteiger partial charge in [-0.25, -0.2) is 0 Å². The molecule has 2 nitrogen and oxygen atoms in total. The summed E-state index contributed by atoms with van der Waals surface area (Å²) >= 11 is 1.82. The lowest BCUT2D eigenvalue weighted by Crippen LogP contribution is -2.35. The molecule has 0 aliphatic rings. The van der Waals surface area contributed by atoms with Gasteiger partial charge in [0.15, 0.2) is 0 Å². The lowest BCUT2D eigenvalue weighted by molar-refractivity contribution is 0.00846. The van der Waals surface area contributed by atoms with E-state index in [0.29, 0.717) is 6.04 Å². The van der Waals surface area contributed by atoms with Gasteiger partial charge in [-0.05, 0) is 51.1 Å². The van der Waals surface area contributed by atoms with Gasteiger partial charge in [-0.3, -0.25) is 0 Å². The molecule has 0 bridgehead atoms. The molecule has 1 atom stereocenters. The first-order chi connectivity index (χ1) is 7.44. The van der Waals surface area contributed by atoms with Gasteiger partial charge in [0.25, 0.3) is 0 Å². The Morgan fingerprint density at radius 2 is 2.19 bits per heavy atom. The van der Waals surface area contributed by atoms with Crippen molar-refractivity contribution in [3.8, 4) is 0 Å². The van der Waals surface area contributed by atoms with Crippen molar-refractivity contribution >= 4 is 11.3 Å². The molecule has 1 rings (SSSR count). The molecule has 1 unspecified atom stereocenters. The molecule has 0 aromatic carbocycles. The number of thiophene rings is 1. The van der Waals surface area contributed by atoms with Crippen molar-refractivity contribution in [2.75, 3.05) is 7.11 Å². The van der Waals surface area contributed by atoms with E-state index < -0.39 is 0 Å². The molecule has 0 fully saturated rings. The summed E-state index contributed by atoms with van der Waals surface area (Å²) in [6, 6.07) is 2.64. The van der Waals surface area contributed by atoms with Crippen molar-refractivity contribution in [1.29, 1.82) is 0 Å². The van der Waals surface area contributed by atoms with Gasteiger partial charge in [-0.1, -0.05) is 0 Å². The lowest BCUT2D eigenvalue weighted by atomic mass is 10.00. The van der Waals surface area contributed by atoms with E-state index in [1.807, 2.05) is 11.3 Å². The summed E-state index contributed by atoms with van der Waals surface area (Å²) in [6.45, 7) is 9.59. The van der Waals surface area contributed by atoms with Crippen LogP contribution in [0.2, 0.25) is 0 Å². The second kappa shape index (κ2) is 5.80. The van der Waals surface area contributed by atoms with Gasteiger partial charge >= 0.3 is 0 Å². The zero-order chi connectivity index (χ0) is 12.2. The van der Waals surface area contributed by atoms with Crippen LogP contribution in [0.1, 0.15) is 37.6 Å². The highest BCUT2D eigenvalue weighted by atomic mass is 32.1. The third kappa shape index (κ3) is 4.24. The van der Waals surface area contributed by atoms with Crippen LogP contribution in [0.25, 0.3) is 0 Å². The van der Waals surface area contributed by atoms with Crippen LogP contribution in [-0.2, 0) is 11.3 Å². The first-order valence-corrected chi connectivity index (χ1v) is 6.64. The fraction of sp³-hybridized carbons (Fsp3) is 0.692. The van der Waals surface area contributed by atoms with E-state index in [0.717, 1.165) is 13.0 Å². The summed E-state index contributed by atoms with van der Waals surface area (Å²) in [5, 5.41) is 5.70. The molecule has 1 heterocycles. The predicted molar refractivity (Wildman–Crippen MR) is 71.1 cm³/mol. The van der Waals surface area contributed by atoms with Crippen LogP contribution in [0.4, 0.5) is 0 Å². The summed E-state index contributed by atoms with van der Waals surface area (Å²) in [5.41, 5.74) is 1.34. The maximum Gasteiger partial charge on any atom is 0.0637 e. The Balaban J connectivity index is 2.36. The van der Waals surface area contributed by atoms with Crippen molar-refractivity contribution in [3.63, 3.8) is 0 Å². The van der Waals surface area contributed by atoms with Crippen molar-refractivity contribution in [3.05, 3.63) is 21.9 Å². The summed E-state index contributed by atoms with van der Waals surface area (Å²) in [5.74, 6) is 0. The van der Waals surface area contributed by atoms with Crippen LogP contribution in [0.15, 0.2) is 11.4 Å². The monoisotopic (exact) mass is 241 g/mol. The molecule has 0 aliphatic carbocycles. The average molecular weight is 241 g/mol. The third-order valence-corrected chi connectivity index (χ3v) is 3.95. The first kappa shape index (κ1) is 13.7. The Kier molecular flexibility index (Phi) is 4.96. The summed E-state index contributed by atoms with van der Waals surface area (Å²) in [6.07, 6.45) is 1.02. The topological polar surface area (TPSA) is 21.3 Å². The van der Waals surface area contributed by atoms with Crippen LogP contribution < -0.4 is 5.32 Å². The van der Waals surface area contributed by atoms with Gasteiger partial charge < -0.3 is 10.1 Å². The molecular formula is C13H23NOS. The smallest absolute Gasteiger partial charge is 0.0637 e. The largest absolute Gasteiger partial charge is 0.379 e. The van der Waals surface area contributed by atoms with Crippen molar-refractivity contribution < 1.29 is 4.74 Å². The van der Waals surface area contributed by atoms with Gasteiger partial charge in [0.1, 0.15) is 0 Å². The van der Waals surface area contributed by atoms with E-state index in [-0.39, 0.29) is 5.60 Å². The minimum atomic E-state index is -0.0447. The molecule has 1 aromatic heterocycles. The fourth-order valence-electron chi connectivity index (χ4n) is 1.74. The minimum Gasteiger partial charge on any atom is -0.379 e.